The number of hydrogen-bond donors (Lipinski definition) is 0. The largest absolute Gasteiger partial charge is 0.138 e. The summed E-state index contributed by atoms with van der Waals surface area (Å²) in [5, 5.41) is 2.30. The summed E-state index contributed by atoms with van der Waals surface area (Å²) >= 11 is 11.3. The summed E-state index contributed by atoms with van der Waals surface area (Å²) in [6, 6.07) is 6.50. The van der Waals surface area contributed by atoms with Crippen molar-refractivity contribution in [3.05, 3.63) is 31.1 Å². The van der Waals surface area contributed by atoms with Crippen molar-refractivity contribution < 1.29 is 0 Å². The van der Waals surface area contributed by atoms with Crippen LogP contribution in [0.2, 0.25) is 0 Å². The van der Waals surface area contributed by atoms with Crippen molar-refractivity contribution in [2.75, 3.05) is 0 Å². The van der Waals surface area contributed by atoms with Gasteiger partial charge in [-0.3, -0.25) is 0 Å². The zero-order valence-electron chi connectivity index (χ0n) is 6.48. The second-order valence-electron chi connectivity index (χ2n) is 2.62. The first-order valence-electron chi connectivity index (χ1n) is 3.65. The lowest BCUT2D eigenvalue weighted by molar-refractivity contribution is 1.59. The van der Waals surface area contributed by atoms with Gasteiger partial charge in [0, 0.05) is 28.3 Å². The van der Waals surface area contributed by atoms with E-state index in [1.54, 1.807) is 0 Å². The average molecular weight is 432 g/mol. The van der Waals surface area contributed by atoms with E-state index in [-0.39, 0.29) is 0 Å². The monoisotopic (exact) mass is 430 g/mol. The van der Waals surface area contributed by atoms with Gasteiger partial charge in [-0.05, 0) is 56.7 Å². The molecule has 2 rings (SSSR count). The first kappa shape index (κ1) is 10.4. The number of benzene rings is 1. The fraction of sp³-hybridized carbons (Fsp3) is 0.111. The quantitative estimate of drug-likeness (QED) is 0.432. The summed E-state index contributed by atoms with van der Waals surface area (Å²) in [7, 11) is 0. The van der Waals surface area contributed by atoms with Crippen LogP contribution < -0.4 is 0 Å². The van der Waals surface area contributed by atoms with Gasteiger partial charge in [0.05, 0.1) is 0 Å². The minimum absolute atomic E-state index is 0.939. The summed E-state index contributed by atoms with van der Waals surface area (Å²) < 4.78 is 3.86. The molecule has 0 saturated carbocycles. The number of thiophene rings is 1. The molecule has 2 aromatic rings. The van der Waals surface area contributed by atoms with Crippen LogP contribution in [0.4, 0.5) is 0 Å². The molecule has 0 aliphatic rings. The van der Waals surface area contributed by atoms with Gasteiger partial charge >= 0.3 is 0 Å². The van der Waals surface area contributed by atoms with E-state index in [0.29, 0.717) is 0 Å². The minimum Gasteiger partial charge on any atom is -0.138 e. The van der Waals surface area contributed by atoms with Crippen molar-refractivity contribution in [3.8, 4) is 0 Å². The molecule has 0 spiro atoms. The third-order valence-electron chi connectivity index (χ3n) is 1.77. The molecule has 1 heterocycles. The highest BCUT2D eigenvalue weighted by Crippen LogP contribution is 2.35. The zero-order valence-corrected chi connectivity index (χ0v) is 12.6. The Hall–Kier alpha value is 0.870. The maximum atomic E-state index is 3.57. The van der Waals surface area contributed by atoms with Crippen LogP contribution in [-0.2, 0) is 5.33 Å². The molecule has 0 atom stereocenters. The third-order valence-corrected chi connectivity index (χ3v) is 5.77. The first-order valence-corrected chi connectivity index (χ1v) is 7.45. The summed E-state index contributed by atoms with van der Waals surface area (Å²) in [6.45, 7) is 0. The van der Waals surface area contributed by atoms with E-state index in [9.17, 15) is 0 Å². The molecule has 0 nitrogen and oxygen atoms in total. The van der Waals surface area contributed by atoms with E-state index in [1.165, 1.54) is 23.0 Å². The SMILES string of the molecule is BrCc1cc2c(I)ccc(Br)c2s1. The van der Waals surface area contributed by atoms with Gasteiger partial charge in [-0.1, -0.05) is 15.9 Å². The molecular formula is C9H5Br2IS. The van der Waals surface area contributed by atoms with Gasteiger partial charge in [0.1, 0.15) is 0 Å². The van der Waals surface area contributed by atoms with Crippen molar-refractivity contribution in [1.29, 1.82) is 0 Å². The molecule has 0 unspecified atom stereocenters. The van der Waals surface area contributed by atoms with E-state index >= 15 is 0 Å². The van der Waals surface area contributed by atoms with Crippen LogP contribution in [0.15, 0.2) is 22.7 Å². The molecule has 0 N–H and O–H groups in total. The predicted octanol–water partition coefficient (Wildman–Crippen LogP) is 5.16. The maximum absolute atomic E-state index is 3.57. The van der Waals surface area contributed by atoms with Gasteiger partial charge in [0.25, 0.3) is 0 Å². The van der Waals surface area contributed by atoms with Gasteiger partial charge in [-0.25, -0.2) is 0 Å². The molecule has 0 aliphatic heterocycles. The van der Waals surface area contributed by atoms with E-state index in [0.717, 1.165) is 5.33 Å². The Kier molecular flexibility index (Phi) is 3.33. The fourth-order valence-electron chi connectivity index (χ4n) is 1.17. The van der Waals surface area contributed by atoms with Crippen LogP contribution >= 0.6 is 65.8 Å². The number of hydrogen-bond acceptors (Lipinski definition) is 1. The Balaban J connectivity index is 2.80. The molecule has 0 amide bonds. The van der Waals surface area contributed by atoms with Crippen molar-refractivity contribution in [3.63, 3.8) is 0 Å². The van der Waals surface area contributed by atoms with Gasteiger partial charge in [0.2, 0.25) is 0 Å². The molecule has 13 heavy (non-hydrogen) atoms. The lowest BCUT2D eigenvalue weighted by Crippen LogP contribution is -1.71. The van der Waals surface area contributed by atoms with E-state index in [2.05, 4.69) is 72.6 Å². The van der Waals surface area contributed by atoms with Crippen LogP contribution in [0.1, 0.15) is 4.88 Å². The van der Waals surface area contributed by atoms with Gasteiger partial charge in [-0.15, -0.1) is 11.3 Å². The summed E-state index contributed by atoms with van der Waals surface area (Å²) in [4.78, 5) is 1.37. The zero-order chi connectivity index (χ0) is 9.42. The van der Waals surface area contributed by atoms with Crippen LogP contribution in [0.3, 0.4) is 0 Å². The lowest BCUT2D eigenvalue weighted by atomic mass is 10.2. The van der Waals surface area contributed by atoms with Crippen LogP contribution in [0, 0.1) is 3.57 Å². The van der Waals surface area contributed by atoms with Crippen molar-refractivity contribution in [2.45, 2.75) is 5.33 Å². The van der Waals surface area contributed by atoms with Gasteiger partial charge < -0.3 is 0 Å². The number of halogens is 3. The average Bonchev–Trinajstić information content (AvgIpc) is 2.56. The van der Waals surface area contributed by atoms with E-state index in [1.807, 2.05) is 11.3 Å². The number of alkyl halides is 1. The Bertz CT molecular complexity index is 411. The molecule has 68 valence electrons. The fourth-order valence-corrected chi connectivity index (χ4v) is 3.99. The highest BCUT2D eigenvalue weighted by Gasteiger charge is 2.06. The molecular weight excluding hydrogens is 427 g/mol. The lowest BCUT2D eigenvalue weighted by Gasteiger charge is -1.95. The first-order chi connectivity index (χ1) is 6.22. The van der Waals surface area contributed by atoms with Gasteiger partial charge in [-0.2, -0.15) is 0 Å². The molecule has 0 radical (unpaired) electrons. The smallest absolute Gasteiger partial charge is 0.0498 e. The maximum Gasteiger partial charge on any atom is 0.0498 e. The molecule has 0 saturated heterocycles. The standard InChI is InChI=1S/C9H5Br2IS/c10-4-5-3-6-8(12)2-1-7(11)9(6)13-5/h1-3H,4H2. The van der Waals surface area contributed by atoms with Crippen LogP contribution in [-0.4, -0.2) is 0 Å². The van der Waals surface area contributed by atoms with Crippen LogP contribution in [0.25, 0.3) is 10.1 Å². The van der Waals surface area contributed by atoms with Gasteiger partial charge in [0.15, 0.2) is 0 Å². The minimum atomic E-state index is 0.939. The molecule has 0 aliphatic carbocycles. The Morgan fingerprint density at radius 3 is 2.77 bits per heavy atom. The molecule has 4 heteroatoms. The summed E-state index contributed by atoms with van der Waals surface area (Å²) in [5.74, 6) is 0. The van der Waals surface area contributed by atoms with E-state index < -0.39 is 0 Å². The topological polar surface area (TPSA) is 0 Å². The van der Waals surface area contributed by atoms with Crippen molar-refractivity contribution in [2.24, 2.45) is 0 Å². The number of fused-ring (bicyclic) bond motifs is 1. The summed E-state index contributed by atoms with van der Waals surface area (Å²) in [5.41, 5.74) is 0. The molecule has 1 aromatic carbocycles. The highest BCUT2D eigenvalue weighted by molar-refractivity contribution is 14.1. The van der Waals surface area contributed by atoms with Crippen LogP contribution in [0.5, 0.6) is 0 Å². The summed E-state index contributed by atoms with van der Waals surface area (Å²) in [6.07, 6.45) is 0. The molecule has 1 aromatic heterocycles. The Morgan fingerprint density at radius 1 is 1.38 bits per heavy atom. The van der Waals surface area contributed by atoms with E-state index in [4.69, 9.17) is 0 Å². The number of rotatable bonds is 1. The second kappa shape index (κ2) is 4.16. The third kappa shape index (κ3) is 1.96. The normalized spacial score (nSPS) is 11.0. The highest BCUT2D eigenvalue weighted by atomic mass is 127. The van der Waals surface area contributed by atoms with Crippen molar-refractivity contribution in [1.82, 2.24) is 0 Å². The van der Waals surface area contributed by atoms with Crippen molar-refractivity contribution >= 4 is 75.9 Å². The Labute approximate surface area is 111 Å². The predicted molar refractivity (Wildman–Crippen MR) is 74.9 cm³/mol. The second-order valence-corrected chi connectivity index (χ2v) is 6.33. The molecule has 0 bridgehead atoms. The Morgan fingerprint density at radius 2 is 2.15 bits per heavy atom. The molecule has 0 fully saturated rings.